The van der Waals surface area contributed by atoms with Gasteiger partial charge in [-0.1, -0.05) is 43.6 Å². The summed E-state index contributed by atoms with van der Waals surface area (Å²) in [6.07, 6.45) is 0. The minimum Gasteiger partial charge on any atom is -0.459 e. The average molecular weight is 416 g/mol. The third-order valence-electron chi connectivity index (χ3n) is 4.97. The molecule has 29 heavy (non-hydrogen) atoms. The molecule has 0 aromatic heterocycles. The molecular formula is C21H23BClNO5. The number of carbonyl (C=O) groups is 2. The summed E-state index contributed by atoms with van der Waals surface area (Å²) in [4.78, 5) is 25.5. The summed E-state index contributed by atoms with van der Waals surface area (Å²) in [5, 5.41) is 13.3. The highest BCUT2D eigenvalue weighted by molar-refractivity contribution is 6.62. The number of hydrogen-bond donors (Lipinski definition) is 2. The first-order valence-corrected chi connectivity index (χ1v) is 9.79. The first-order valence-electron chi connectivity index (χ1n) is 9.42. The lowest BCUT2D eigenvalue weighted by Gasteiger charge is -2.22. The normalized spacial score (nSPS) is 13.9. The van der Waals surface area contributed by atoms with Crippen LogP contribution in [0.25, 0.3) is 0 Å². The van der Waals surface area contributed by atoms with E-state index in [1.165, 1.54) is 0 Å². The summed E-state index contributed by atoms with van der Waals surface area (Å²) in [6.45, 7) is 5.80. The van der Waals surface area contributed by atoms with Gasteiger partial charge in [-0.2, -0.15) is 0 Å². The van der Waals surface area contributed by atoms with E-state index in [2.05, 4.69) is 5.32 Å². The zero-order valence-corrected chi connectivity index (χ0v) is 17.3. The number of ether oxygens (including phenoxy) is 1. The van der Waals surface area contributed by atoms with Crippen molar-refractivity contribution in [1.82, 2.24) is 5.32 Å². The maximum Gasteiger partial charge on any atom is 0.492 e. The largest absolute Gasteiger partial charge is 0.492 e. The summed E-state index contributed by atoms with van der Waals surface area (Å²) >= 11 is 5.95. The van der Waals surface area contributed by atoms with Gasteiger partial charge in [-0.05, 0) is 53.2 Å². The zero-order chi connectivity index (χ0) is 21.1. The number of carbonyl (C=O) groups excluding carboxylic acids is 2. The van der Waals surface area contributed by atoms with Gasteiger partial charge in [0.2, 0.25) is 0 Å². The Hall–Kier alpha value is -2.35. The van der Waals surface area contributed by atoms with Crippen LogP contribution in [-0.4, -0.2) is 30.1 Å². The van der Waals surface area contributed by atoms with Crippen LogP contribution in [0.4, 0.5) is 0 Å². The lowest BCUT2D eigenvalue weighted by Crippen LogP contribution is -2.46. The number of benzene rings is 2. The highest BCUT2D eigenvalue weighted by atomic mass is 35.5. The smallest absolute Gasteiger partial charge is 0.459 e. The molecule has 3 rings (SSSR count). The minimum atomic E-state index is -1.04. The molecule has 2 N–H and O–H groups in total. The predicted molar refractivity (Wildman–Crippen MR) is 111 cm³/mol. The second kappa shape index (κ2) is 8.99. The topological polar surface area (TPSA) is 84.9 Å². The summed E-state index contributed by atoms with van der Waals surface area (Å²) in [5.41, 5.74) is 3.26. The van der Waals surface area contributed by atoms with Gasteiger partial charge in [0.25, 0.3) is 5.91 Å². The molecule has 0 aliphatic carbocycles. The van der Waals surface area contributed by atoms with E-state index in [0.29, 0.717) is 28.2 Å². The van der Waals surface area contributed by atoms with Crippen LogP contribution in [0, 0.1) is 12.8 Å². The van der Waals surface area contributed by atoms with Gasteiger partial charge >= 0.3 is 13.1 Å². The van der Waals surface area contributed by atoms with E-state index in [0.717, 1.165) is 11.1 Å². The zero-order valence-electron chi connectivity index (χ0n) is 16.6. The van der Waals surface area contributed by atoms with Gasteiger partial charge in [0.15, 0.2) is 0 Å². The van der Waals surface area contributed by atoms with Crippen molar-refractivity contribution in [3.8, 4) is 0 Å². The highest BCUT2D eigenvalue weighted by Gasteiger charge is 2.32. The van der Waals surface area contributed by atoms with Crippen molar-refractivity contribution in [3.05, 3.63) is 63.7 Å². The van der Waals surface area contributed by atoms with Crippen LogP contribution in [0.2, 0.25) is 5.02 Å². The average Bonchev–Trinajstić information content (AvgIpc) is 3.06. The molecule has 8 heteroatoms. The molecular weight excluding hydrogens is 392 g/mol. The van der Waals surface area contributed by atoms with Gasteiger partial charge in [-0.25, -0.2) is 4.79 Å². The van der Waals surface area contributed by atoms with E-state index in [9.17, 15) is 14.6 Å². The number of esters is 1. The van der Waals surface area contributed by atoms with E-state index >= 15 is 0 Å². The number of amides is 1. The molecule has 0 bridgehead atoms. The molecule has 0 radical (unpaired) electrons. The summed E-state index contributed by atoms with van der Waals surface area (Å²) < 4.78 is 10.6. The number of hydrogen-bond acceptors (Lipinski definition) is 5. The van der Waals surface area contributed by atoms with Crippen molar-refractivity contribution in [3.63, 3.8) is 0 Å². The molecule has 1 heterocycles. The minimum absolute atomic E-state index is 0.0693. The predicted octanol–water partition coefficient (Wildman–Crippen LogP) is 2.36. The number of halogens is 1. The summed E-state index contributed by atoms with van der Waals surface area (Å²) in [6, 6.07) is 9.68. The van der Waals surface area contributed by atoms with Crippen molar-refractivity contribution >= 4 is 36.1 Å². The van der Waals surface area contributed by atoms with Crippen molar-refractivity contribution in [2.45, 2.75) is 40.0 Å². The van der Waals surface area contributed by atoms with Crippen LogP contribution in [-0.2, 0) is 27.4 Å². The van der Waals surface area contributed by atoms with E-state index in [1.54, 1.807) is 37.3 Å². The van der Waals surface area contributed by atoms with Crippen molar-refractivity contribution in [1.29, 1.82) is 0 Å². The monoisotopic (exact) mass is 415 g/mol. The molecule has 0 fully saturated rings. The highest BCUT2D eigenvalue weighted by Crippen LogP contribution is 2.17. The lowest BCUT2D eigenvalue weighted by molar-refractivity contribution is -0.148. The van der Waals surface area contributed by atoms with E-state index in [-0.39, 0.29) is 12.5 Å². The quantitative estimate of drug-likeness (QED) is 0.559. The van der Waals surface area contributed by atoms with Crippen molar-refractivity contribution in [2.75, 3.05) is 0 Å². The molecule has 0 saturated heterocycles. The first-order chi connectivity index (χ1) is 13.8. The Morgan fingerprint density at radius 1 is 1.31 bits per heavy atom. The van der Waals surface area contributed by atoms with E-state index < -0.39 is 25.0 Å². The Kier molecular flexibility index (Phi) is 6.62. The van der Waals surface area contributed by atoms with Crippen LogP contribution in [0.3, 0.4) is 0 Å². The number of rotatable bonds is 6. The molecule has 6 nitrogen and oxygen atoms in total. The second-order valence-corrected chi connectivity index (χ2v) is 7.84. The molecule has 1 atom stereocenters. The molecule has 1 aliphatic heterocycles. The molecule has 152 valence electrons. The Morgan fingerprint density at radius 3 is 2.76 bits per heavy atom. The number of fused-ring (bicyclic) bond motifs is 1. The molecule has 0 spiro atoms. The van der Waals surface area contributed by atoms with Crippen LogP contribution in [0.1, 0.15) is 40.9 Å². The third-order valence-corrected chi connectivity index (χ3v) is 5.21. The Labute approximate surface area is 175 Å². The van der Waals surface area contributed by atoms with Gasteiger partial charge < -0.3 is 19.7 Å². The van der Waals surface area contributed by atoms with Gasteiger partial charge in [-0.15, -0.1) is 0 Å². The summed E-state index contributed by atoms with van der Waals surface area (Å²) in [7, 11) is -1.04. The third kappa shape index (κ3) is 4.81. The van der Waals surface area contributed by atoms with Crippen molar-refractivity contribution < 1.29 is 24.0 Å². The Morgan fingerprint density at radius 2 is 2.07 bits per heavy atom. The van der Waals surface area contributed by atoms with Crippen LogP contribution >= 0.6 is 11.6 Å². The Balaban J connectivity index is 1.71. The molecule has 0 saturated carbocycles. The van der Waals surface area contributed by atoms with E-state index in [1.807, 2.05) is 19.9 Å². The van der Waals surface area contributed by atoms with Crippen molar-refractivity contribution in [2.24, 2.45) is 5.92 Å². The van der Waals surface area contributed by atoms with Crippen LogP contribution < -0.4 is 10.8 Å². The van der Waals surface area contributed by atoms with Gasteiger partial charge in [0.1, 0.15) is 12.6 Å². The molecule has 1 amide bonds. The molecule has 2 aromatic carbocycles. The molecule has 2 aromatic rings. The van der Waals surface area contributed by atoms with Gasteiger partial charge in [-0.3, -0.25) is 4.79 Å². The maximum atomic E-state index is 12.9. The van der Waals surface area contributed by atoms with E-state index in [4.69, 9.17) is 21.0 Å². The fourth-order valence-electron chi connectivity index (χ4n) is 3.34. The standard InChI is InChI=1S/C21H23BClNO5/c1-12(2)19(21(26)28-10-14-5-4-6-16(23)9-14)24-20(25)17-8-7-15-11-29-22(27)18(15)13(17)3/h4-9,12,19,27H,10-11H2,1-3H3,(H,24,25)/t19-/m0/s1. The lowest BCUT2D eigenvalue weighted by atomic mass is 9.75. The summed E-state index contributed by atoms with van der Waals surface area (Å²) in [5.74, 6) is -1.09. The molecule has 0 unspecified atom stereocenters. The molecule has 1 aliphatic rings. The van der Waals surface area contributed by atoms with Crippen LogP contribution in [0.5, 0.6) is 0 Å². The maximum absolute atomic E-state index is 12.9. The van der Waals surface area contributed by atoms with Crippen LogP contribution in [0.15, 0.2) is 36.4 Å². The second-order valence-electron chi connectivity index (χ2n) is 7.41. The fraction of sp³-hybridized carbons (Fsp3) is 0.333. The number of nitrogens with one attached hydrogen (secondary N) is 1. The van der Waals surface area contributed by atoms with Gasteiger partial charge in [0.05, 0.1) is 6.61 Å². The fourth-order valence-corrected chi connectivity index (χ4v) is 3.55. The van der Waals surface area contributed by atoms with Gasteiger partial charge in [0, 0.05) is 10.6 Å². The first kappa shape index (κ1) is 21.4. The SMILES string of the molecule is Cc1c(C(=O)N[C@H](C(=O)OCc2cccc(Cl)c2)C(C)C)ccc2c1B(O)OC2. The Bertz CT molecular complexity index is 933.